The number of benzene rings is 1. The lowest BCUT2D eigenvalue weighted by Gasteiger charge is -2.36. The average molecular weight is 276 g/mol. The molecule has 1 fully saturated rings. The average Bonchev–Trinajstić information content (AvgIpc) is 2.45. The third-order valence-corrected chi connectivity index (χ3v) is 4.20. The SMILES string of the molecule is CN1CCCC(N(C)CCc2ccccc2C(=O)O)C1. The summed E-state index contributed by atoms with van der Waals surface area (Å²) in [5.74, 6) is -0.833. The van der Waals surface area contributed by atoms with E-state index in [0.717, 1.165) is 25.1 Å². The first-order valence-electron chi connectivity index (χ1n) is 7.28. The monoisotopic (exact) mass is 276 g/mol. The van der Waals surface area contributed by atoms with Crippen LogP contribution < -0.4 is 0 Å². The summed E-state index contributed by atoms with van der Waals surface area (Å²) >= 11 is 0. The van der Waals surface area contributed by atoms with Crippen LogP contribution in [-0.4, -0.2) is 60.6 Å². The number of piperidine rings is 1. The predicted molar refractivity (Wildman–Crippen MR) is 80.3 cm³/mol. The molecule has 0 saturated carbocycles. The molecule has 1 aromatic carbocycles. The Morgan fingerprint density at radius 3 is 2.90 bits per heavy atom. The van der Waals surface area contributed by atoms with Gasteiger partial charge in [0.15, 0.2) is 0 Å². The lowest BCUT2D eigenvalue weighted by atomic mass is 10.0. The molecule has 1 heterocycles. The van der Waals surface area contributed by atoms with E-state index in [1.165, 1.54) is 19.4 Å². The number of hydrogen-bond donors (Lipinski definition) is 1. The van der Waals surface area contributed by atoms with E-state index in [2.05, 4.69) is 23.9 Å². The summed E-state index contributed by atoms with van der Waals surface area (Å²) in [5, 5.41) is 9.19. The standard InChI is InChI=1S/C16H24N2O2/c1-17-10-5-7-14(12-17)18(2)11-9-13-6-3-4-8-15(13)16(19)20/h3-4,6,8,14H,5,7,9-12H2,1-2H3,(H,19,20). The maximum Gasteiger partial charge on any atom is 0.335 e. The molecule has 1 aliphatic heterocycles. The third-order valence-electron chi connectivity index (χ3n) is 4.20. The van der Waals surface area contributed by atoms with Gasteiger partial charge >= 0.3 is 5.97 Å². The smallest absolute Gasteiger partial charge is 0.335 e. The minimum absolute atomic E-state index is 0.432. The molecule has 1 N–H and O–H groups in total. The van der Waals surface area contributed by atoms with Gasteiger partial charge in [0.2, 0.25) is 0 Å². The van der Waals surface area contributed by atoms with Gasteiger partial charge in [-0.05, 0) is 51.5 Å². The highest BCUT2D eigenvalue weighted by Gasteiger charge is 2.21. The lowest BCUT2D eigenvalue weighted by molar-refractivity contribution is 0.0695. The van der Waals surface area contributed by atoms with Crippen molar-refractivity contribution in [3.05, 3.63) is 35.4 Å². The van der Waals surface area contributed by atoms with Crippen molar-refractivity contribution in [3.8, 4) is 0 Å². The second-order valence-electron chi connectivity index (χ2n) is 5.75. The quantitative estimate of drug-likeness (QED) is 0.893. The van der Waals surface area contributed by atoms with Crippen LogP contribution in [0.4, 0.5) is 0 Å². The third kappa shape index (κ3) is 3.81. The van der Waals surface area contributed by atoms with Gasteiger partial charge in [-0.25, -0.2) is 4.79 Å². The molecule has 0 radical (unpaired) electrons. The summed E-state index contributed by atoms with van der Waals surface area (Å²) in [7, 11) is 4.31. The van der Waals surface area contributed by atoms with E-state index in [9.17, 15) is 9.90 Å². The van der Waals surface area contributed by atoms with Gasteiger partial charge in [0.05, 0.1) is 5.56 Å². The fourth-order valence-electron chi connectivity index (χ4n) is 2.93. The number of carbonyl (C=O) groups is 1. The van der Waals surface area contributed by atoms with Gasteiger partial charge in [-0.3, -0.25) is 0 Å². The molecular weight excluding hydrogens is 252 g/mol. The summed E-state index contributed by atoms with van der Waals surface area (Å²) in [4.78, 5) is 15.9. The van der Waals surface area contributed by atoms with Crippen LogP contribution in [0.2, 0.25) is 0 Å². The van der Waals surface area contributed by atoms with E-state index in [4.69, 9.17) is 0 Å². The van der Waals surface area contributed by atoms with E-state index >= 15 is 0 Å². The van der Waals surface area contributed by atoms with E-state index in [1.807, 2.05) is 12.1 Å². The van der Waals surface area contributed by atoms with Gasteiger partial charge in [0, 0.05) is 19.1 Å². The fraction of sp³-hybridized carbons (Fsp3) is 0.562. The normalized spacial score (nSPS) is 20.2. The highest BCUT2D eigenvalue weighted by molar-refractivity contribution is 5.89. The van der Waals surface area contributed by atoms with Crippen LogP contribution in [0.1, 0.15) is 28.8 Å². The molecule has 1 atom stereocenters. The molecule has 0 bridgehead atoms. The number of aromatic carboxylic acids is 1. The number of nitrogens with zero attached hydrogens (tertiary/aromatic N) is 2. The Morgan fingerprint density at radius 2 is 2.20 bits per heavy atom. The molecule has 0 spiro atoms. The minimum atomic E-state index is -0.833. The van der Waals surface area contributed by atoms with Crippen molar-refractivity contribution in [2.45, 2.75) is 25.3 Å². The van der Waals surface area contributed by atoms with Gasteiger partial charge in [0.25, 0.3) is 0 Å². The molecule has 20 heavy (non-hydrogen) atoms. The maximum atomic E-state index is 11.2. The summed E-state index contributed by atoms with van der Waals surface area (Å²) < 4.78 is 0. The Morgan fingerprint density at radius 1 is 1.45 bits per heavy atom. The van der Waals surface area contributed by atoms with Crippen LogP contribution in [0, 0.1) is 0 Å². The molecule has 1 aliphatic rings. The summed E-state index contributed by atoms with van der Waals surface area (Å²) in [6.45, 7) is 3.20. The van der Waals surface area contributed by atoms with Crippen LogP contribution in [0.25, 0.3) is 0 Å². The van der Waals surface area contributed by atoms with Crippen molar-refractivity contribution < 1.29 is 9.90 Å². The Bertz CT molecular complexity index is 462. The summed E-state index contributed by atoms with van der Waals surface area (Å²) in [6, 6.07) is 7.89. The molecule has 1 unspecified atom stereocenters. The highest BCUT2D eigenvalue weighted by Crippen LogP contribution is 2.15. The molecule has 2 rings (SSSR count). The Hall–Kier alpha value is -1.39. The molecule has 4 heteroatoms. The van der Waals surface area contributed by atoms with Crippen molar-refractivity contribution >= 4 is 5.97 Å². The second kappa shape index (κ2) is 6.86. The first-order valence-corrected chi connectivity index (χ1v) is 7.28. The number of rotatable bonds is 5. The van der Waals surface area contributed by atoms with Crippen LogP contribution in [0.15, 0.2) is 24.3 Å². The minimum Gasteiger partial charge on any atom is -0.478 e. The number of carboxylic acid groups (broad SMARTS) is 1. The van der Waals surface area contributed by atoms with E-state index in [1.54, 1.807) is 12.1 Å². The van der Waals surface area contributed by atoms with E-state index in [0.29, 0.717) is 11.6 Å². The van der Waals surface area contributed by atoms with Gasteiger partial charge in [0.1, 0.15) is 0 Å². The number of hydrogen-bond acceptors (Lipinski definition) is 3. The second-order valence-corrected chi connectivity index (χ2v) is 5.75. The van der Waals surface area contributed by atoms with E-state index < -0.39 is 5.97 Å². The molecule has 1 saturated heterocycles. The van der Waals surface area contributed by atoms with Gasteiger partial charge in [-0.15, -0.1) is 0 Å². The van der Waals surface area contributed by atoms with Crippen LogP contribution in [-0.2, 0) is 6.42 Å². The van der Waals surface area contributed by atoms with Crippen LogP contribution >= 0.6 is 0 Å². The molecule has 110 valence electrons. The molecule has 1 aromatic rings. The van der Waals surface area contributed by atoms with Crippen molar-refractivity contribution in [2.75, 3.05) is 33.7 Å². The fourth-order valence-corrected chi connectivity index (χ4v) is 2.93. The first-order chi connectivity index (χ1) is 9.58. The first kappa shape index (κ1) is 15.0. The summed E-state index contributed by atoms with van der Waals surface area (Å²) in [5.41, 5.74) is 1.36. The van der Waals surface area contributed by atoms with Gasteiger partial charge < -0.3 is 14.9 Å². The van der Waals surface area contributed by atoms with Crippen molar-refractivity contribution in [3.63, 3.8) is 0 Å². The highest BCUT2D eigenvalue weighted by atomic mass is 16.4. The van der Waals surface area contributed by atoms with Crippen LogP contribution in [0.5, 0.6) is 0 Å². The lowest BCUT2D eigenvalue weighted by Crippen LogP contribution is -2.45. The van der Waals surface area contributed by atoms with Crippen molar-refractivity contribution in [2.24, 2.45) is 0 Å². The number of likely N-dealkylation sites (N-methyl/N-ethyl adjacent to an activating group) is 2. The van der Waals surface area contributed by atoms with E-state index in [-0.39, 0.29) is 0 Å². The number of likely N-dealkylation sites (tertiary alicyclic amines) is 1. The molecule has 0 aliphatic carbocycles. The largest absolute Gasteiger partial charge is 0.478 e. The summed E-state index contributed by atoms with van der Waals surface area (Å²) in [6.07, 6.45) is 3.28. The van der Waals surface area contributed by atoms with Gasteiger partial charge in [-0.1, -0.05) is 18.2 Å². The zero-order valence-electron chi connectivity index (χ0n) is 12.4. The molecule has 4 nitrogen and oxygen atoms in total. The van der Waals surface area contributed by atoms with Crippen molar-refractivity contribution in [1.82, 2.24) is 9.80 Å². The maximum absolute atomic E-state index is 11.2. The Balaban J connectivity index is 1.93. The number of carboxylic acids is 1. The topological polar surface area (TPSA) is 43.8 Å². The van der Waals surface area contributed by atoms with Crippen LogP contribution in [0.3, 0.4) is 0 Å². The predicted octanol–water partition coefficient (Wildman–Crippen LogP) is 1.95. The zero-order chi connectivity index (χ0) is 14.5. The Kier molecular flexibility index (Phi) is 5.15. The van der Waals surface area contributed by atoms with Crippen molar-refractivity contribution in [1.29, 1.82) is 0 Å². The molecular formula is C16H24N2O2. The molecule has 0 aromatic heterocycles. The zero-order valence-corrected chi connectivity index (χ0v) is 12.4. The Labute approximate surface area is 121 Å². The van der Waals surface area contributed by atoms with Gasteiger partial charge in [-0.2, -0.15) is 0 Å². The molecule has 0 amide bonds.